The van der Waals surface area contributed by atoms with Crippen LogP contribution in [0.3, 0.4) is 0 Å². The second-order valence-electron chi connectivity index (χ2n) is 5.62. The molecule has 0 unspecified atom stereocenters. The Morgan fingerprint density at radius 3 is 2.56 bits per heavy atom. The third-order valence-corrected chi connectivity index (χ3v) is 3.62. The number of aryl methyl sites for hydroxylation is 2. The molecule has 8 nitrogen and oxygen atoms in total. The van der Waals surface area contributed by atoms with E-state index < -0.39 is 11.9 Å². The van der Waals surface area contributed by atoms with E-state index >= 15 is 0 Å². The van der Waals surface area contributed by atoms with Gasteiger partial charge in [-0.25, -0.2) is 4.79 Å². The van der Waals surface area contributed by atoms with Gasteiger partial charge in [-0.3, -0.25) is 9.48 Å². The van der Waals surface area contributed by atoms with Crippen LogP contribution >= 0.6 is 0 Å². The van der Waals surface area contributed by atoms with Gasteiger partial charge in [0.05, 0.1) is 17.9 Å². The first kappa shape index (κ1) is 18.5. The third kappa shape index (κ3) is 4.57. The summed E-state index contributed by atoms with van der Waals surface area (Å²) in [5, 5.41) is 16.0. The predicted octanol–water partition coefficient (Wildman–Crippen LogP) is 1.90. The van der Waals surface area contributed by atoms with Crippen molar-refractivity contribution in [1.82, 2.24) is 9.78 Å². The van der Waals surface area contributed by atoms with Crippen molar-refractivity contribution in [2.24, 2.45) is 7.05 Å². The molecule has 1 amide bonds. The van der Waals surface area contributed by atoms with E-state index in [2.05, 4.69) is 10.4 Å². The summed E-state index contributed by atoms with van der Waals surface area (Å²) in [5.41, 5.74) is 2.62. The minimum atomic E-state index is -1.08. The topological polar surface area (TPSA) is 103 Å². The van der Waals surface area contributed by atoms with E-state index in [9.17, 15) is 9.59 Å². The zero-order chi connectivity index (χ0) is 18.6. The van der Waals surface area contributed by atoms with Gasteiger partial charge < -0.3 is 19.9 Å². The molecule has 134 valence electrons. The number of carbonyl (C=O) groups is 2. The minimum absolute atomic E-state index is 0.0738. The maximum Gasteiger partial charge on any atom is 0.335 e. The lowest BCUT2D eigenvalue weighted by Crippen LogP contribution is -2.21. The molecule has 0 bridgehead atoms. The van der Waals surface area contributed by atoms with Crippen LogP contribution in [0.25, 0.3) is 0 Å². The number of aromatic carboxylic acids is 1. The van der Waals surface area contributed by atoms with Crippen molar-refractivity contribution in [3.05, 3.63) is 40.7 Å². The van der Waals surface area contributed by atoms with Crippen molar-refractivity contribution in [2.45, 2.75) is 20.5 Å². The largest absolute Gasteiger partial charge is 0.480 e. The smallest absolute Gasteiger partial charge is 0.335 e. The van der Waals surface area contributed by atoms with Crippen LogP contribution in [0.1, 0.15) is 27.3 Å². The molecule has 1 aromatic heterocycles. The Hall–Kier alpha value is -2.87. The van der Waals surface area contributed by atoms with Gasteiger partial charge in [0.25, 0.3) is 5.91 Å². The maximum atomic E-state index is 12.1. The number of carbonyl (C=O) groups excluding carboxylic acids is 1. The van der Waals surface area contributed by atoms with Crippen LogP contribution < -0.4 is 10.1 Å². The van der Waals surface area contributed by atoms with Crippen LogP contribution in [0, 0.1) is 13.8 Å². The number of methoxy groups -OCH3 is 1. The molecular weight excluding hydrogens is 326 g/mol. The van der Waals surface area contributed by atoms with E-state index in [1.807, 2.05) is 6.92 Å². The second kappa shape index (κ2) is 7.80. The van der Waals surface area contributed by atoms with Crippen LogP contribution in [0.4, 0.5) is 5.69 Å². The summed E-state index contributed by atoms with van der Waals surface area (Å²) >= 11 is 0. The quantitative estimate of drug-likeness (QED) is 0.793. The van der Waals surface area contributed by atoms with Gasteiger partial charge in [-0.1, -0.05) is 0 Å². The van der Waals surface area contributed by atoms with E-state index in [1.165, 1.54) is 19.2 Å². The molecule has 0 spiro atoms. The molecule has 25 heavy (non-hydrogen) atoms. The van der Waals surface area contributed by atoms with Crippen LogP contribution in [0.15, 0.2) is 18.2 Å². The van der Waals surface area contributed by atoms with Gasteiger partial charge in [-0.05, 0) is 37.6 Å². The van der Waals surface area contributed by atoms with Crippen LogP contribution in [-0.2, 0) is 23.2 Å². The fourth-order valence-corrected chi connectivity index (χ4v) is 2.44. The average molecular weight is 347 g/mol. The molecule has 2 N–H and O–H groups in total. The number of hydrogen-bond donors (Lipinski definition) is 2. The Balaban J connectivity index is 2.08. The molecule has 0 atom stereocenters. The number of ether oxygens (including phenoxy) is 2. The number of nitrogens with zero attached hydrogens (tertiary/aromatic N) is 2. The van der Waals surface area contributed by atoms with Crippen molar-refractivity contribution in [3.63, 3.8) is 0 Å². The van der Waals surface area contributed by atoms with Crippen LogP contribution in [0.2, 0.25) is 0 Å². The molecule has 0 saturated carbocycles. The fourth-order valence-electron chi connectivity index (χ4n) is 2.44. The summed E-state index contributed by atoms with van der Waals surface area (Å²) in [5.74, 6) is -0.906. The maximum absolute atomic E-state index is 12.1. The highest BCUT2D eigenvalue weighted by atomic mass is 16.5. The molecular formula is C17H21N3O5. The predicted molar refractivity (Wildman–Crippen MR) is 90.9 cm³/mol. The standard InChI is InChI=1S/C17H21N3O5/c1-10-16(11(2)20(3)19-10)25-9-15(21)18-14-6-12(8-24-4)5-13(7-14)17(22)23/h5-7H,8-9H2,1-4H3,(H,18,21)(H,22,23). The Labute approximate surface area is 145 Å². The highest BCUT2D eigenvalue weighted by molar-refractivity contribution is 5.94. The summed E-state index contributed by atoms with van der Waals surface area (Å²) in [4.78, 5) is 23.3. The minimum Gasteiger partial charge on any atom is -0.480 e. The van der Waals surface area contributed by atoms with Gasteiger partial charge in [-0.2, -0.15) is 5.10 Å². The molecule has 2 aromatic rings. The van der Waals surface area contributed by atoms with E-state index in [1.54, 1.807) is 24.7 Å². The molecule has 0 radical (unpaired) electrons. The number of aromatic nitrogens is 2. The first-order valence-corrected chi connectivity index (χ1v) is 7.61. The lowest BCUT2D eigenvalue weighted by Gasteiger charge is -2.10. The van der Waals surface area contributed by atoms with Gasteiger partial charge in [0.1, 0.15) is 5.69 Å². The van der Waals surface area contributed by atoms with Crippen molar-refractivity contribution in [1.29, 1.82) is 0 Å². The van der Waals surface area contributed by atoms with E-state index in [-0.39, 0.29) is 18.8 Å². The number of nitrogens with one attached hydrogen (secondary N) is 1. The van der Waals surface area contributed by atoms with Gasteiger partial charge in [0, 0.05) is 19.8 Å². The van der Waals surface area contributed by atoms with E-state index in [0.29, 0.717) is 22.7 Å². The Kier molecular flexibility index (Phi) is 5.76. The van der Waals surface area contributed by atoms with E-state index in [4.69, 9.17) is 14.6 Å². The Bertz CT molecular complexity index is 798. The summed E-state index contributed by atoms with van der Waals surface area (Å²) in [6.07, 6.45) is 0. The first-order valence-electron chi connectivity index (χ1n) is 7.61. The van der Waals surface area contributed by atoms with Crippen molar-refractivity contribution >= 4 is 17.6 Å². The van der Waals surface area contributed by atoms with Crippen molar-refractivity contribution < 1.29 is 24.2 Å². The van der Waals surface area contributed by atoms with Crippen molar-refractivity contribution in [2.75, 3.05) is 19.0 Å². The normalized spacial score (nSPS) is 10.6. The number of rotatable bonds is 7. The highest BCUT2D eigenvalue weighted by Crippen LogP contribution is 2.21. The fraction of sp³-hybridized carbons (Fsp3) is 0.353. The Morgan fingerprint density at radius 2 is 2.00 bits per heavy atom. The highest BCUT2D eigenvalue weighted by Gasteiger charge is 2.14. The lowest BCUT2D eigenvalue weighted by atomic mass is 10.1. The molecule has 0 fully saturated rings. The zero-order valence-electron chi connectivity index (χ0n) is 14.6. The zero-order valence-corrected chi connectivity index (χ0v) is 14.6. The number of benzene rings is 1. The van der Waals surface area contributed by atoms with Crippen LogP contribution in [0.5, 0.6) is 5.75 Å². The molecule has 1 heterocycles. The molecule has 0 aliphatic rings. The van der Waals surface area contributed by atoms with Gasteiger partial charge in [0.15, 0.2) is 12.4 Å². The molecule has 1 aromatic carbocycles. The van der Waals surface area contributed by atoms with Gasteiger partial charge >= 0.3 is 5.97 Å². The molecule has 0 aliphatic heterocycles. The SMILES string of the molecule is COCc1cc(NC(=O)COc2c(C)nn(C)c2C)cc(C(=O)O)c1. The van der Waals surface area contributed by atoms with Gasteiger partial charge in [-0.15, -0.1) is 0 Å². The summed E-state index contributed by atoms with van der Waals surface area (Å²) in [6, 6.07) is 4.55. The van der Waals surface area contributed by atoms with Crippen molar-refractivity contribution in [3.8, 4) is 5.75 Å². The number of carboxylic acids is 1. The summed E-state index contributed by atoms with van der Waals surface area (Å²) < 4.78 is 12.2. The van der Waals surface area contributed by atoms with Crippen LogP contribution in [-0.4, -0.2) is 40.5 Å². The number of hydrogen-bond acceptors (Lipinski definition) is 5. The molecule has 0 saturated heterocycles. The van der Waals surface area contributed by atoms with Gasteiger partial charge in [0.2, 0.25) is 0 Å². The second-order valence-corrected chi connectivity index (χ2v) is 5.62. The summed E-state index contributed by atoms with van der Waals surface area (Å²) in [7, 11) is 3.31. The molecule has 8 heteroatoms. The lowest BCUT2D eigenvalue weighted by molar-refractivity contribution is -0.118. The first-order chi connectivity index (χ1) is 11.8. The van der Waals surface area contributed by atoms with E-state index in [0.717, 1.165) is 5.69 Å². The summed E-state index contributed by atoms with van der Waals surface area (Å²) in [6.45, 7) is 3.69. The number of amides is 1. The molecule has 0 aliphatic carbocycles. The Morgan fingerprint density at radius 1 is 1.28 bits per heavy atom. The third-order valence-electron chi connectivity index (χ3n) is 3.62. The molecule has 2 rings (SSSR count). The number of anilines is 1. The average Bonchev–Trinajstić information content (AvgIpc) is 2.78. The monoisotopic (exact) mass is 347 g/mol. The number of carboxylic acid groups (broad SMARTS) is 1.